The third-order valence-electron chi connectivity index (χ3n) is 2.22. The van der Waals surface area contributed by atoms with Crippen LogP contribution in [0.25, 0.3) is 0 Å². The molecule has 0 bridgehead atoms. The van der Waals surface area contributed by atoms with Gasteiger partial charge in [0.2, 0.25) is 0 Å². The van der Waals surface area contributed by atoms with Crippen LogP contribution in [0.1, 0.15) is 25.3 Å². The van der Waals surface area contributed by atoms with E-state index in [9.17, 15) is 0 Å². The molecule has 0 amide bonds. The zero-order chi connectivity index (χ0) is 10.4. The van der Waals surface area contributed by atoms with Crippen molar-refractivity contribution in [2.75, 3.05) is 5.32 Å². The molecule has 0 aliphatic heterocycles. The highest BCUT2D eigenvalue weighted by Gasteiger charge is 2.04. The van der Waals surface area contributed by atoms with E-state index in [1.54, 1.807) is 0 Å². The summed E-state index contributed by atoms with van der Waals surface area (Å²) in [6.45, 7) is 4.15. The summed E-state index contributed by atoms with van der Waals surface area (Å²) in [6, 6.07) is 10.7. The van der Waals surface area contributed by atoms with Crippen molar-refractivity contribution in [3.05, 3.63) is 29.8 Å². The number of nitrogens with zero attached hydrogens (tertiary/aromatic N) is 1. The van der Waals surface area contributed by atoms with E-state index in [2.05, 4.69) is 37.4 Å². The summed E-state index contributed by atoms with van der Waals surface area (Å²) >= 11 is 0. The van der Waals surface area contributed by atoms with Crippen LogP contribution in [0.4, 0.5) is 5.69 Å². The average molecular weight is 188 g/mol. The second-order valence-corrected chi connectivity index (χ2v) is 3.48. The third-order valence-corrected chi connectivity index (χ3v) is 2.22. The molecule has 0 heterocycles. The highest BCUT2D eigenvalue weighted by Crippen LogP contribution is 2.13. The minimum absolute atomic E-state index is 0.266. The van der Waals surface area contributed by atoms with E-state index < -0.39 is 0 Å². The van der Waals surface area contributed by atoms with Gasteiger partial charge in [0, 0.05) is 11.7 Å². The molecule has 0 saturated heterocycles. The van der Waals surface area contributed by atoms with Crippen molar-refractivity contribution < 1.29 is 0 Å². The van der Waals surface area contributed by atoms with Gasteiger partial charge >= 0.3 is 0 Å². The molecule has 0 aliphatic rings. The molecule has 2 heteroatoms. The highest BCUT2D eigenvalue weighted by atomic mass is 14.9. The fourth-order valence-electron chi connectivity index (χ4n) is 1.38. The van der Waals surface area contributed by atoms with Crippen LogP contribution in [0, 0.1) is 18.3 Å². The van der Waals surface area contributed by atoms with Crippen molar-refractivity contribution in [2.45, 2.75) is 32.7 Å². The molecule has 0 spiro atoms. The van der Waals surface area contributed by atoms with Gasteiger partial charge < -0.3 is 5.32 Å². The Morgan fingerprint density at radius 2 is 2.29 bits per heavy atom. The minimum atomic E-state index is 0.266. The van der Waals surface area contributed by atoms with E-state index in [1.807, 2.05) is 12.1 Å². The molecule has 1 unspecified atom stereocenters. The van der Waals surface area contributed by atoms with Crippen molar-refractivity contribution in [2.24, 2.45) is 0 Å². The largest absolute Gasteiger partial charge is 0.381 e. The Balaban J connectivity index is 2.63. The Hall–Kier alpha value is -1.49. The molecule has 1 atom stereocenters. The van der Waals surface area contributed by atoms with E-state index >= 15 is 0 Å². The summed E-state index contributed by atoms with van der Waals surface area (Å²) in [7, 11) is 0. The maximum Gasteiger partial charge on any atom is 0.0643 e. The molecule has 1 rings (SSSR count). The number of rotatable bonds is 4. The van der Waals surface area contributed by atoms with Crippen LogP contribution in [0.3, 0.4) is 0 Å². The zero-order valence-electron chi connectivity index (χ0n) is 8.75. The first-order valence-corrected chi connectivity index (χ1v) is 4.96. The van der Waals surface area contributed by atoms with Crippen LogP contribution in [-0.4, -0.2) is 6.04 Å². The number of anilines is 1. The molecule has 1 aromatic rings. The first-order valence-electron chi connectivity index (χ1n) is 4.96. The smallest absolute Gasteiger partial charge is 0.0643 e. The molecule has 2 nitrogen and oxygen atoms in total. The molecule has 1 N–H and O–H groups in total. The van der Waals surface area contributed by atoms with E-state index in [0.717, 1.165) is 12.1 Å². The van der Waals surface area contributed by atoms with Crippen molar-refractivity contribution in [3.8, 4) is 6.07 Å². The fourth-order valence-corrected chi connectivity index (χ4v) is 1.38. The summed E-state index contributed by atoms with van der Waals surface area (Å²) in [6.07, 6.45) is 1.53. The summed E-state index contributed by atoms with van der Waals surface area (Å²) < 4.78 is 0. The molecule has 1 aromatic carbocycles. The van der Waals surface area contributed by atoms with Crippen LogP contribution in [-0.2, 0) is 0 Å². The van der Waals surface area contributed by atoms with Crippen LogP contribution < -0.4 is 5.32 Å². The number of aryl methyl sites for hydroxylation is 1. The maximum atomic E-state index is 8.61. The summed E-state index contributed by atoms with van der Waals surface area (Å²) in [5.41, 5.74) is 2.34. The first-order chi connectivity index (χ1) is 6.76. The number of hydrogen-bond acceptors (Lipinski definition) is 2. The van der Waals surface area contributed by atoms with E-state index in [4.69, 9.17) is 5.26 Å². The Bertz CT molecular complexity index is 325. The lowest BCUT2D eigenvalue weighted by atomic mass is 10.1. The Morgan fingerprint density at radius 1 is 1.50 bits per heavy atom. The predicted octanol–water partition coefficient (Wildman–Crippen LogP) is 3.10. The van der Waals surface area contributed by atoms with Crippen LogP contribution >= 0.6 is 0 Å². The molecular weight excluding hydrogens is 172 g/mol. The third kappa shape index (κ3) is 3.10. The summed E-state index contributed by atoms with van der Waals surface area (Å²) in [4.78, 5) is 0. The minimum Gasteiger partial charge on any atom is -0.381 e. The number of hydrogen-bond donors (Lipinski definition) is 1. The van der Waals surface area contributed by atoms with Crippen molar-refractivity contribution >= 4 is 5.69 Å². The monoisotopic (exact) mass is 188 g/mol. The van der Waals surface area contributed by atoms with Gasteiger partial charge in [-0.15, -0.1) is 0 Å². The summed E-state index contributed by atoms with van der Waals surface area (Å²) in [5, 5.41) is 12.0. The molecule has 14 heavy (non-hydrogen) atoms. The van der Waals surface area contributed by atoms with Gasteiger partial charge in [0.05, 0.1) is 12.5 Å². The Morgan fingerprint density at radius 3 is 2.86 bits per heavy atom. The average Bonchev–Trinajstić information content (AvgIpc) is 2.17. The van der Waals surface area contributed by atoms with Gasteiger partial charge in [-0.05, 0) is 31.0 Å². The quantitative estimate of drug-likeness (QED) is 0.788. The Labute approximate surface area is 85.6 Å². The molecule has 0 aromatic heterocycles. The number of benzene rings is 1. The van der Waals surface area contributed by atoms with Crippen molar-refractivity contribution in [1.29, 1.82) is 5.26 Å². The molecule has 0 aliphatic carbocycles. The van der Waals surface area contributed by atoms with Gasteiger partial charge in [0.1, 0.15) is 0 Å². The van der Waals surface area contributed by atoms with Gasteiger partial charge in [-0.25, -0.2) is 0 Å². The standard InChI is InChI=1S/C12H16N2/c1-3-11(7-8-13)14-12-6-4-5-10(2)9-12/h4-6,9,11,14H,3,7H2,1-2H3. The maximum absolute atomic E-state index is 8.61. The topological polar surface area (TPSA) is 35.8 Å². The van der Waals surface area contributed by atoms with Crippen molar-refractivity contribution in [3.63, 3.8) is 0 Å². The van der Waals surface area contributed by atoms with Gasteiger partial charge in [-0.1, -0.05) is 19.1 Å². The van der Waals surface area contributed by atoms with E-state index in [1.165, 1.54) is 5.56 Å². The van der Waals surface area contributed by atoms with E-state index in [-0.39, 0.29) is 6.04 Å². The van der Waals surface area contributed by atoms with Crippen LogP contribution in [0.15, 0.2) is 24.3 Å². The van der Waals surface area contributed by atoms with E-state index in [0.29, 0.717) is 6.42 Å². The Kier molecular flexibility index (Phi) is 4.00. The fraction of sp³-hybridized carbons (Fsp3) is 0.417. The lowest BCUT2D eigenvalue weighted by molar-refractivity contribution is 0.711. The SMILES string of the molecule is CCC(CC#N)Nc1cccc(C)c1. The van der Waals surface area contributed by atoms with Gasteiger partial charge in [0.15, 0.2) is 0 Å². The van der Waals surface area contributed by atoms with Crippen LogP contribution in [0.5, 0.6) is 0 Å². The normalized spacial score (nSPS) is 11.8. The van der Waals surface area contributed by atoms with Crippen molar-refractivity contribution in [1.82, 2.24) is 0 Å². The second kappa shape index (κ2) is 5.29. The zero-order valence-corrected chi connectivity index (χ0v) is 8.75. The van der Waals surface area contributed by atoms with Gasteiger partial charge in [-0.2, -0.15) is 5.26 Å². The second-order valence-electron chi connectivity index (χ2n) is 3.48. The lowest BCUT2D eigenvalue weighted by Gasteiger charge is -2.15. The number of nitrogens with one attached hydrogen (secondary N) is 1. The molecule has 74 valence electrons. The molecule has 0 radical (unpaired) electrons. The molecule has 0 fully saturated rings. The number of nitriles is 1. The predicted molar refractivity (Wildman–Crippen MR) is 59.1 cm³/mol. The van der Waals surface area contributed by atoms with Gasteiger partial charge in [0.25, 0.3) is 0 Å². The van der Waals surface area contributed by atoms with Gasteiger partial charge in [-0.3, -0.25) is 0 Å². The summed E-state index contributed by atoms with van der Waals surface area (Å²) in [5.74, 6) is 0. The highest BCUT2D eigenvalue weighted by molar-refractivity contribution is 5.46. The molecule has 0 saturated carbocycles. The first kappa shape index (κ1) is 10.6. The van der Waals surface area contributed by atoms with Crippen LogP contribution in [0.2, 0.25) is 0 Å². The molecular formula is C12H16N2. The lowest BCUT2D eigenvalue weighted by Crippen LogP contribution is -2.17.